The second kappa shape index (κ2) is 9.60. The van der Waals surface area contributed by atoms with E-state index in [1.165, 1.54) is 17.4 Å². The van der Waals surface area contributed by atoms with E-state index in [0.717, 1.165) is 27.1 Å². The number of thiazole rings is 1. The zero-order valence-corrected chi connectivity index (χ0v) is 19.7. The second-order valence-electron chi connectivity index (χ2n) is 7.76. The zero-order chi connectivity index (χ0) is 23.5. The maximum absolute atomic E-state index is 12.5. The third-order valence-electron chi connectivity index (χ3n) is 5.15. The molecule has 33 heavy (non-hydrogen) atoms. The van der Waals surface area contributed by atoms with Crippen LogP contribution in [0.15, 0.2) is 60.7 Å². The SMILES string of the molecule is CN(C)c1c(-c2ccccc2)cc2sc(CC(=O)NCc3cccc(C(=O)O)c3)nc2c1Cl. The fourth-order valence-electron chi connectivity index (χ4n) is 3.63. The summed E-state index contributed by atoms with van der Waals surface area (Å²) >= 11 is 8.22. The number of carbonyl (C=O) groups excluding carboxylic acids is 1. The second-order valence-corrected chi connectivity index (χ2v) is 9.25. The number of rotatable bonds is 7. The van der Waals surface area contributed by atoms with Gasteiger partial charge in [0.05, 0.1) is 27.4 Å². The highest BCUT2D eigenvalue weighted by Crippen LogP contribution is 2.42. The van der Waals surface area contributed by atoms with Crippen molar-refractivity contribution in [2.24, 2.45) is 0 Å². The molecule has 0 aliphatic heterocycles. The molecular weight excluding hydrogens is 458 g/mol. The number of carboxylic acids is 1. The van der Waals surface area contributed by atoms with E-state index in [4.69, 9.17) is 16.7 Å². The van der Waals surface area contributed by atoms with E-state index < -0.39 is 5.97 Å². The molecule has 0 aliphatic carbocycles. The Labute approximate surface area is 200 Å². The Kier molecular flexibility index (Phi) is 6.62. The molecule has 2 N–H and O–H groups in total. The topological polar surface area (TPSA) is 82.5 Å². The van der Waals surface area contributed by atoms with Gasteiger partial charge in [-0.05, 0) is 29.3 Å². The average molecular weight is 480 g/mol. The van der Waals surface area contributed by atoms with Crippen molar-refractivity contribution >= 4 is 50.7 Å². The molecule has 0 radical (unpaired) electrons. The molecular formula is C25H22ClN3O3S. The monoisotopic (exact) mass is 479 g/mol. The van der Waals surface area contributed by atoms with Crippen LogP contribution in [-0.2, 0) is 17.8 Å². The number of aromatic nitrogens is 1. The van der Waals surface area contributed by atoms with Crippen LogP contribution < -0.4 is 10.2 Å². The predicted molar refractivity (Wildman–Crippen MR) is 133 cm³/mol. The van der Waals surface area contributed by atoms with E-state index >= 15 is 0 Å². The van der Waals surface area contributed by atoms with E-state index in [0.29, 0.717) is 15.5 Å². The van der Waals surface area contributed by atoms with E-state index in [1.54, 1.807) is 18.2 Å². The number of nitrogens with zero attached hydrogens (tertiary/aromatic N) is 2. The maximum atomic E-state index is 12.5. The Morgan fingerprint density at radius 2 is 1.85 bits per heavy atom. The minimum absolute atomic E-state index is 0.117. The lowest BCUT2D eigenvalue weighted by atomic mass is 10.0. The van der Waals surface area contributed by atoms with E-state index in [-0.39, 0.29) is 24.4 Å². The third kappa shape index (κ3) is 4.99. The summed E-state index contributed by atoms with van der Waals surface area (Å²) in [7, 11) is 3.89. The zero-order valence-electron chi connectivity index (χ0n) is 18.1. The largest absolute Gasteiger partial charge is 0.478 e. The molecule has 6 nitrogen and oxygen atoms in total. The highest BCUT2D eigenvalue weighted by Gasteiger charge is 2.19. The summed E-state index contributed by atoms with van der Waals surface area (Å²) in [5, 5.41) is 13.2. The molecule has 0 spiro atoms. The Bertz CT molecular complexity index is 1340. The fraction of sp³-hybridized carbons (Fsp3) is 0.160. The Balaban J connectivity index is 1.57. The van der Waals surface area contributed by atoms with Gasteiger partial charge in [-0.2, -0.15) is 0 Å². The van der Waals surface area contributed by atoms with Crippen molar-refractivity contribution in [3.05, 3.63) is 81.8 Å². The van der Waals surface area contributed by atoms with Gasteiger partial charge in [0.2, 0.25) is 5.91 Å². The summed E-state index contributed by atoms with van der Waals surface area (Å²) in [5.41, 5.74) is 4.54. The lowest BCUT2D eigenvalue weighted by Crippen LogP contribution is -2.24. The van der Waals surface area contributed by atoms with Crippen molar-refractivity contribution in [2.45, 2.75) is 13.0 Å². The van der Waals surface area contributed by atoms with Gasteiger partial charge in [-0.25, -0.2) is 9.78 Å². The van der Waals surface area contributed by atoms with Crippen LogP contribution in [0.3, 0.4) is 0 Å². The van der Waals surface area contributed by atoms with Crippen LogP contribution in [0.5, 0.6) is 0 Å². The summed E-state index contributed by atoms with van der Waals surface area (Å²) < 4.78 is 0.918. The first kappa shape index (κ1) is 22.8. The van der Waals surface area contributed by atoms with Crippen LogP contribution in [-0.4, -0.2) is 36.1 Å². The molecule has 8 heteroatoms. The van der Waals surface area contributed by atoms with Gasteiger partial charge < -0.3 is 15.3 Å². The molecule has 4 aromatic rings. The number of nitrogens with one attached hydrogen (secondary N) is 1. The molecule has 0 saturated carbocycles. The summed E-state index contributed by atoms with van der Waals surface area (Å²) in [6.45, 7) is 0.245. The fourth-order valence-corrected chi connectivity index (χ4v) is 5.11. The minimum atomic E-state index is -0.999. The third-order valence-corrected chi connectivity index (χ3v) is 6.51. The number of aromatic carboxylic acids is 1. The van der Waals surface area contributed by atoms with Gasteiger partial charge in [-0.1, -0.05) is 54.1 Å². The van der Waals surface area contributed by atoms with E-state index in [2.05, 4.69) is 16.4 Å². The molecule has 4 rings (SSSR count). The molecule has 0 unspecified atom stereocenters. The van der Waals surface area contributed by atoms with Gasteiger partial charge >= 0.3 is 5.97 Å². The number of halogens is 1. The molecule has 0 aliphatic rings. The molecule has 0 fully saturated rings. The predicted octanol–water partition coefficient (Wildman–Crippen LogP) is 5.24. The van der Waals surface area contributed by atoms with E-state index in [9.17, 15) is 9.59 Å². The standard InChI is InChI=1S/C25H22ClN3O3S/c1-29(2)24-18(16-8-4-3-5-9-16)12-19-23(22(24)26)28-21(33-19)13-20(30)27-14-15-7-6-10-17(11-15)25(31)32/h3-12H,13-14H2,1-2H3,(H,27,30)(H,31,32). The molecule has 0 bridgehead atoms. The average Bonchev–Trinajstić information content (AvgIpc) is 3.21. The summed E-state index contributed by atoms with van der Waals surface area (Å²) in [6, 6.07) is 18.6. The number of benzene rings is 3. The van der Waals surface area contributed by atoms with Crippen LogP contribution in [0.1, 0.15) is 20.9 Å². The van der Waals surface area contributed by atoms with Crippen LogP contribution in [0.25, 0.3) is 21.3 Å². The van der Waals surface area contributed by atoms with Crippen molar-refractivity contribution in [3.63, 3.8) is 0 Å². The number of amides is 1. The first-order chi connectivity index (χ1) is 15.8. The van der Waals surface area contributed by atoms with Crippen LogP contribution in [0.2, 0.25) is 5.02 Å². The van der Waals surface area contributed by atoms with Crippen molar-refractivity contribution in [1.29, 1.82) is 0 Å². The lowest BCUT2D eigenvalue weighted by Gasteiger charge is -2.19. The molecule has 3 aromatic carbocycles. The maximum Gasteiger partial charge on any atom is 0.335 e. The van der Waals surface area contributed by atoms with Gasteiger partial charge in [0.15, 0.2) is 0 Å². The molecule has 0 saturated heterocycles. The Morgan fingerprint density at radius 1 is 1.09 bits per heavy atom. The van der Waals surface area contributed by atoms with Crippen LogP contribution >= 0.6 is 22.9 Å². The number of anilines is 1. The Morgan fingerprint density at radius 3 is 2.55 bits per heavy atom. The summed E-state index contributed by atoms with van der Waals surface area (Å²) in [4.78, 5) is 30.3. The van der Waals surface area contributed by atoms with Gasteiger partial charge in [0.1, 0.15) is 10.5 Å². The normalized spacial score (nSPS) is 10.9. The number of hydrogen-bond acceptors (Lipinski definition) is 5. The van der Waals surface area contributed by atoms with Gasteiger partial charge in [-0.15, -0.1) is 11.3 Å². The first-order valence-corrected chi connectivity index (χ1v) is 11.5. The van der Waals surface area contributed by atoms with Crippen LogP contribution in [0, 0.1) is 0 Å². The van der Waals surface area contributed by atoms with Gasteiger partial charge in [-0.3, -0.25) is 4.79 Å². The van der Waals surface area contributed by atoms with E-state index in [1.807, 2.05) is 49.3 Å². The minimum Gasteiger partial charge on any atom is -0.478 e. The van der Waals surface area contributed by atoms with Gasteiger partial charge in [0, 0.05) is 26.2 Å². The summed E-state index contributed by atoms with van der Waals surface area (Å²) in [6.07, 6.45) is 0.117. The molecule has 168 valence electrons. The number of carboxylic acid groups (broad SMARTS) is 1. The molecule has 1 aromatic heterocycles. The number of hydrogen-bond donors (Lipinski definition) is 2. The first-order valence-electron chi connectivity index (χ1n) is 10.3. The van der Waals surface area contributed by atoms with Crippen molar-refractivity contribution in [3.8, 4) is 11.1 Å². The van der Waals surface area contributed by atoms with Crippen LogP contribution in [0.4, 0.5) is 5.69 Å². The highest BCUT2D eigenvalue weighted by molar-refractivity contribution is 7.18. The van der Waals surface area contributed by atoms with Gasteiger partial charge in [0.25, 0.3) is 0 Å². The quantitative estimate of drug-likeness (QED) is 0.379. The highest BCUT2D eigenvalue weighted by atomic mass is 35.5. The Hall–Kier alpha value is -3.42. The smallest absolute Gasteiger partial charge is 0.335 e. The summed E-state index contributed by atoms with van der Waals surface area (Å²) in [5.74, 6) is -1.19. The van der Waals surface area contributed by atoms with Crippen molar-refractivity contribution in [1.82, 2.24) is 10.3 Å². The molecule has 1 heterocycles. The molecule has 1 amide bonds. The lowest BCUT2D eigenvalue weighted by molar-refractivity contribution is -0.120. The molecule has 0 atom stereocenters. The van der Waals surface area contributed by atoms with Crippen molar-refractivity contribution in [2.75, 3.05) is 19.0 Å². The number of fused-ring (bicyclic) bond motifs is 1. The number of carbonyl (C=O) groups is 2. The van der Waals surface area contributed by atoms with Crippen molar-refractivity contribution < 1.29 is 14.7 Å².